The zero-order valence-corrected chi connectivity index (χ0v) is 16.7. The number of nitrogens with zero attached hydrogens (tertiary/aromatic N) is 2. The number of aryl methyl sites for hydroxylation is 1. The summed E-state index contributed by atoms with van der Waals surface area (Å²) in [5.74, 6) is -0.691. The van der Waals surface area contributed by atoms with Crippen LogP contribution < -0.4 is 16.1 Å². The molecule has 6 nitrogen and oxygen atoms in total. The first-order chi connectivity index (χ1) is 13.2. The Kier molecular flexibility index (Phi) is 7.07. The Morgan fingerprint density at radius 2 is 2.00 bits per heavy atom. The van der Waals surface area contributed by atoms with E-state index in [1.807, 2.05) is 6.92 Å². The van der Waals surface area contributed by atoms with Gasteiger partial charge in [0.15, 0.2) is 5.69 Å². The van der Waals surface area contributed by atoms with Crippen molar-refractivity contribution >= 4 is 18.3 Å². The van der Waals surface area contributed by atoms with Crippen LogP contribution in [0.2, 0.25) is 0 Å². The van der Waals surface area contributed by atoms with E-state index in [0.717, 1.165) is 36.2 Å². The quantitative estimate of drug-likeness (QED) is 0.785. The molecule has 1 fully saturated rings. The predicted molar refractivity (Wildman–Crippen MR) is 105 cm³/mol. The Bertz CT molecular complexity index is 946. The number of carbonyl (C=O) groups excluding carboxylic acids is 1. The number of para-hydroxylation sites is 1. The lowest BCUT2D eigenvalue weighted by Gasteiger charge is -2.30. The minimum absolute atomic E-state index is 0. The third kappa shape index (κ3) is 4.97. The van der Waals surface area contributed by atoms with Gasteiger partial charge in [0.1, 0.15) is 0 Å². The van der Waals surface area contributed by atoms with Crippen LogP contribution in [0.3, 0.4) is 0 Å². The fraction of sp³-hybridized carbons (Fsp3) is 0.421. The number of aromatic nitrogens is 2. The SMILES string of the molecule is Cc1cc(=O)c(C(=O)NC2CCCNC2C)nn1-c1ccccc1C(F)(F)F.Cl. The second-order valence-electron chi connectivity index (χ2n) is 6.89. The van der Waals surface area contributed by atoms with Crippen LogP contribution >= 0.6 is 12.4 Å². The van der Waals surface area contributed by atoms with Crippen molar-refractivity contribution in [1.29, 1.82) is 0 Å². The summed E-state index contributed by atoms with van der Waals surface area (Å²) in [6.45, 7) is 4.23. The summed E-state index contributed by atoms with van der Waals surface area (Å²) in [6.07, 6.45) is -2.98. The lowest BCUT2D eigenvalue weighted by Crippen LogP contribution is -2.52. The summed E-state index contributed by atoms with van der Waals surface area (Å²) in [4.78, 5) is 24.9. The number of piperidine rings is 1. The Balaban J connectivity index is 0.00000300. The summed E-state index contributed by atoms with van der Waals surface area (Å²) >= 11 is 0. The Labute approximate surface area is 171 Å². The van der Waals surface area contributed by atoms with Gasteiger partial charge in [-0.3, -0.25) is 9.59 Å². The van der Waals surface area contributed by atoms with Gasteiger partial charge in [0.25, 0.3) is 5.91 Å². The zero-order valence-electron chi connectivity index (χ0n) is 15.9. The molecule has 2 heterocycles. The standard InChI is InChI=1S/C19H21F3N4O2.ClH/c1-11-10-16(27)17(18(28)24-14-7-5-9-23-12(14)2)25-26(11)15-8-4-3-6-13(15)19(20,21)22;/h3-4,6,8,10,12,14,23H,5,7,9H2,1-2H3,(H,24,28);1H. The van der Waals surface area contributed by atoms with Crippen LogP contribution in [-0.2, 0) is 6.18 Å². The van der Waals surface area contributed by atoms with Crippen molar-refractivity contribution in [2.24, 2.45) is 0 Å². The average Bonchev–Trinajstić information content (AvgIpc) is 2.63. The summed E-state index contributed by atoms with van der Waals surface area (Å²) in [7, 11) is 0. The molecule has 3 rings (SSSR count). The maximum Gasteiger partial charge on any atom is 0.418 e. The normalized spacial score (nSPS) is 19.3. The number of alkyl halides is 3. The van der Waals surface area contributed by atoms with E-state index in [2.05, 4.69) is 15.7 Å². The number of nitrogens with one attached hydrogen (secondary N) is 2. The van der Waals surface area contributed by atoms with Gasteiger partial charge in [-0.1, -0.05) is 12.1 Å². The van der Waals surface area contributed by atoms with Crippen LogP contribution in [0.4, 0.5) is 13.2 Å². The minimum Gasteiger partial charge on any atom is -0.346 e. The highest BCUT2D eigenvalue weighted by Gasteiger charge is 2.34. The molecule has 1 aliphatic rings. The number of benzene rings is 1. The molecule has 1 aliphatic heterocycles. The van der Waals surface area contributed by atoms with Crippen molar-refractivity contribution in [3.8, 4) is 5.69 Å². The van der Waals surface area contributed by atoms with Crippen LogP contribution in [0.15, 0.2) is 35.1 Å². The van der Waals surface area contributed by atoms with Gasteiger partial charge in [-0.05, 0) is 45.4 Å². The molecule has 2 atom stereocenters. The molecule has 0 saturated carbocycles. The van der Waals surface area contributed by atoms with E-state index < -0.39 is 28.8 Å². The highest BCUT2D eigenvalue weighted by molar-refractivity contribution is 5.92. The van der Waals surface area contributed by atoms with E-state index in [0.29, 0.717) is 0 Å². The number of halogens is 4. The largest absolute Gasteiger partial charge is 0.418 e. The Morgan fingerprint density at radius 3 is 2.66 bits per heavy atom. The minimum atomic E-state index is -4.60. The van der Waals surface area contributed by atoms with Crippen molar-refractivity contribution < 1.29 is 18.0 Å². The van der Waals surface area contributed by atoms with E-state index in [4.69, 9.17) is 0 Å². The van der Waals surface area contributed by atoms with Crippen molar-refractivity contribution in [1.82, 2.24) is 20.4 Å². The fourth-order valence-corrected chi connectivity index (χ4v) is 3.32. The number of amides is 1. The number of carbonyl (C=O) groups is 1. The van der Waals surface area contributed by atoms with Gasteiger partial charge < -0.3 is 10.6 Å². The molecule has 0 spiro atoms. The maximum absolute atomic E-state index is 13.4. The number of hydrogen-bond donors (Lipinski definition) is 2. The molecule has 0 bridgehead atoms. The molecule has 1 amide bonds. The van der Waals surface area contributed by atoms with Gasteiger partial charge in [0, 0.05) is 23.8 Å². The number of rotatable bonds is 3. The first kappa shape index (κ1) is 22.9. The Hall–Kier alpha value is -2.39. The molecule has 1 saturated heterocycles. The van der Waals surface area contributed by atoms with Gasteiger partial charge in [0.05, 0.1) is 11.3 Å². The van der Waals surface area contributed by atoms with E-state index in [1.54, 1.807) is 0 Å². The van der Waals surface area contributed by atoms with Crippen LogP contribution in [0, 0.1) is 6.92 Å². The van der Waals surface area contributed by atoms with Crippen LogP contribution in [0.1, 0.15) is 41.5 Å². The highest BCUT2D eigenvalue weighted by Crippen LogP contribution is 2.33. The van der Waals surface area contributed by atoms with Gasteiger partial charge in [0.2, 0.25) is 5.43 Å². The van der Waals surface area contributed by atoms with Crippen LogP contribution in [-0.4, -0.2) is 34.3 Å². The molecule has 10 heteroatoms. The second kappa shape index (κ2) is 8.96. The summed E-state index contributed by atoms with van der Waals surface area (Å²) in [5, 5.41) is 9.98. The predicted octanol–water partition coefficient (Wildman–Crippen LogP) is 2.85. The van der Waals surface area contributed by atoms with E-state index in [1.165, 1.54) is 25.1 Å². The number of hydrogen-bond acceptors (Lipinski definition) is 4. The molecule has 0 aliphatic carbocycles. The third-order valence-corrected chi connectivity index (χ3v) is 4.84. The molecule has 1 aromatic carbocycles. The fourth-order valence-electron chi connectivity index (χ4n) is 3.32. The summed E-state index contributed by atoms with van der Waals surface area (Å²) in [6, 6.07) is 5.87. The monoisotopic (exact) mass is 430 g/mol. The molecular formula is C19H22ClF3N4O2. The summed E-state index contributed by atoms with van der Waals surface area (Å²) < 4.78 is 41.1. The first-order valence-electron chi connectivity index (χ1n) is 9.00. The first-order valence-corrected chi connectivity index (χ1v) is 9.00. The molecule has 2 N–H and O–H groups in total. The molecule has 2 unspecified atom stereocenters. The van der Waals surface area contributed by atoms with Crippen LogP contribution in [0.5, 0.6) is 0 Å². The van der Waals surface area contributed by atoms with Crippen molar-refractivity contribution in [2.45, 2.75) is 44.9 Å². The third-order valence-electron chi connectivity index (χ3n) is 4.84. The van der Waals surface area contributed by atoms with E-state index in [9.17, 15) is 22.8 Å². The second-order valence-corrected chi connectivity index (χ2v) is 6.89. The topological polar surface area (TPSA) is 76.0 Å². The van der Waals surface area contributed by atoms with Gasteiger partial charge in [-0.15, -0.1) is 12.4 Å². The maximum atomic E-state index is 13.4. The van der Waals surface area contributed by atoms with E-state index >= 15 is 0 Å². The lowest BCUT2D eigenvalue weighted by molar-refractivity contribution is -0.137. The molecular weight excluding hydrogens is 409 g/mol. The molecule has 158 valence electrons. The van der Waals surface area contributed by atoms with Crippen molar-refractivity contribution in [3.63, 3.8) is 0 Å². The van der Waals surface area contributed by atoms with Crippen LogP contribution in [0.25, 0.3) is 5.69 Å². The van der Waals surface area contributed by atoms with Crippen molar-refractivity contribution in [3.05, 3.63) is 57.5 Å². The average molecular weight is 431 g/mol. The van der Waals surface area contributed by atoms with Gasteiger partial charge in [-0.2, -0.15) is 18.3 Å². The Morgan fingerprint density at radius 1 is 1.31 bits per heavy atom. The van der Waals surface area contributed by atoms with E-state index in [-0.39, 0.29) is 35.9 Å². The lowest BCUT2D eigenvalue weighted by atomic mass is 10.00. The molecule has 0 radical (unpaired) electrons. The molecule has 29 heavy (non-hydrogen) atoms. The zero-order chi connectivity index (χ0) is 20.5. The highest BCUT2D eigenvalue weighted by atomic mass is 35.5. The van der Waals surface area contributed by atoms with Gasteiger partial charge >= 0.3 is 6.18 Å². The molecule has 2 aromatic rings. The molecule has 1 aromatic heterocycles. The summed E-state index contributed by atoms with van der Waals surface area (Å²) in [5.41, 5.74) is -2.00. The van der Waals surface area contributed by atoms with Gasteiger partial charge in [-0.25, -0.2) is 4.68 Å². The smallest absolute Gasteiger partial charge is 0.346 e. The van der Waals surface area contributed by atoms with Crippen molar-refractivity contribution in [2.75, 3.05) is 6.54 Å².